The SMILES string of the molecule is CNC(=O)c1ccc(C2CCCN2Cc2cc3cc(OC)ccc3[nH]c2=O)s1. The normalized spacial score (nSPS) is 17.1. The van der Waals surface area contributed by atoms with Crippen molar-refractivity contribution in [3.63, 3.8) is 0 Å². The topological polar surface area (TPSA) is 74.4 Å². The first-order valence-corrected chi connectivity index (χ1v) is 10.2. The molecule has 0 bridgehead atoms. The lowest BCUT2D eigenvalue weighted by Gasteiger charge is -2.23. The zero-order valence-corrected chi connectivity index (χ0v) is 16.8. The molecule has 1 aliphatic heterocycles. The van der Waals surface area contributed by atoms with Crippen molar-refractivity contribution in [2.45, 2.75) is 25.4 Å². The van der Waals surface area contributed by atoms with Gasteiger partial charge in [0, 0.05) is 41.0 Å². The van der Waals surface area contributed by atoms with Crippen LogP contribution in [0.4, 0.5) is 0 Å². The lowest BCUT2D eigenvalue weighted by Crippen LogP contribution is -2.26. The summed E-state index contributed by atoms with van der Waals surface area (Å²) in [5, 5.41) is 3.63. The maximum Gasteiger partial charge on any atom is 0.261 e. The van der Waals surface area contributed by atoms with Gasteiger partial charge in [-0.05, 0) is 55.8 Å². The molecule has 1 aromatic carbocycles. The van der Waals surface area contributed by atoms with Gasteiger partial charge >= 0.3 is 0 Å². The van der Waals surface area contributed by atoms with Crippen LogP contribution in [0.25, 0.3) is 10.9 Å². The molecular weight excluding hydrogens is 374 g/mol. The number of amides is 1. The summed E-state index contributed by atoms with van der Waals surface area (Å²) < 4.78 is 5.30. The Morgan fingerprint density at radius 3 is 2.96 bits per heavy atom. The van der Waals surface area contributed by atoms with Gasteiger partial charge in [0.05, 0.1) is 12.0 Å². The first-order chi connectivity index (χ1) is 13.6. The molecule has 0 aliphatic carbocycles. The van der Waals surface area contributed by atoms with Crippen molar-refractivity contribution in [1.29, 1.82) is 0 Å². The molecule has 0 saturated carbocycles. The Kier molecular flexibility index (Phi) is 5.19. The van der Waals surface area contributed by atoms with Crippen molar-refractivity contribution in [1.82, 2.24) is 15.2 Å². The summed E-state index contributed by atoms with van der Waals surface area (Å²) in [5.41, 5.74) is 1.50. The second kappa shape index (κ2) is 7.77. The summed E-state index contributed by atoms with van der Waals surface area (Å²) in [6.07, 6.45) is 2.12. The molecule has 6 nitrogen and oxygen atoms in total. The molecule has 1 fully saturated rings. The summed E-state index contributed by atoms with van der Waals surface area (Å²) in [6, 6.07) is 11.8. The first-order valence-electron chi connectivity index (χ1n) is 9.35. The number of rotatable bonds is 5. The van der Waals surface area contributed by atoms with Crippen LogP contribution in [0.15, 0.2) is 41.2 Å². The summed E-state index contributed by atoms with van der Waals surface area (Å²) in [6.45, 7) is 1.52. The van der Waals surface area contributed by atoms with Crippen molar-refractivity contribution >= 4 is 28.1 Å². The van der Waals surface area contributed by atoms with Crippen LogP contribution in [0.3, 0.4) is 0 Å². The Morgan fingerprint density at radius 1 is 1.32 bits per heavy atom. The molecule has 0 radical (unpaired) electrons. The monoisotopic (exact) mass is 397 g/mol. The molecule has 28 heavy (non-hydrogen) atoms. The number of fused-ring (bicyclic) bond motifs is 1. The Morgan fingerprint density at radius 2 is 2.18 bits per heavy atom. The Bertz CT molecular complexity index is 1070. The van der Waals surface area contributed by atoms with Crippen LogP contribution in [0.1, 0.15) is 39.0 Å². The fourth-order valence-electron chi connectivity index (χ4n) is 3.81. The van der Waals surface area contributed by atoms with Crippen molar-refractivity contribution < 1.29 is 9.53 Å². The number of nitrogens with one attached hydrogen (secondary N) is 2. The quantitative estimate of drug-likeness (QED) is 0.693. The number of methoxy groups -OCH3 is 1. The van der Waals surface area contributed by atoms with E-state index in [0.717, 1.165) is 46.5 Å². The zero-order chi connectivity index (χ0) is 19.7. The number of pyridine rings is 1. The fraction of sp³-hybridized carbons (Fsp3) is 0.333. The molecule has 4 rings (SSSR count). The lowest BCUT2D eigenvalue weighted by molar-refractivity contribution is 0.0967. The van der Waals surface area contributed by atoms with Gasteiger partial charge in [0.1, 0.15) is 5.75 Å². The molecule has 3 aromatic rings. The third kappa shape index (κ3) is 3.55. The predicted octanol–water partition coefficient (Wildman–Crippen LogP) is 3.29. The highest BCUT2D eigenvalue weighted by molar-refractivity contribution is 7.14. The van der Waals surface area contributed by atoms with Gasteiger partial charge in [0.15, 0.2) is 0 Å². The largest absolute Gasteiger partial charge is 0.497 e. The number of nitrogens with zero attached hydrogens (tertiary/aromatic N) is 1. The maximum absolute atomic E-state index is 12.6. The van der Waals surface area contributed by atoms with Crippen LogP contribution < -0.4 is 15.6 Å². The van der Waals surface area contributed by atoms with Gasteiger partial charge in [-0.1, -0.05) is 0 Å². The minimum Gasteiger partial charge on any atom is -0.497 e. The van der Waals surface area contributed by atoms with Gasteiger partial charge in [0.2, 0.25) is 0 Å². The molecule has 7 heteroatoms. The van der Waals surface area contributed by atoms with E-state index in [-0.39, 0.29) is 17.5 Å². The average molecular weight is 398 g/mol. The maximum atomic E-state index is 12.6. The number of ether oxygens (including phenoxy) is 1. The number of thiophene rings is 1. The van der Waals surface area contributed by atoms with Crippen LogP contribution in [-0.4, -0.2) is 36.5 Å². The number of hydrogen-bond donors (Lipinski definition) is 2. The first kappa shape index (κ1) is 18.7. The van der Waals surface area contributed by atoms with Gasteiger partial charge in [-0.2, -0.15) is 0 Å². The summed E-state index contributed by atoms with van der Waals surface area (Å²) in [7, 11) is 3.28. The van der Waals surface area contributed by atoms with Crippen LogP contribution in [-0.2, 0) is 6.54 Å². The standard InChI is InChI=1S/C21H23N3O3S/c1-22-21(26)19-8-7-18(28-19)17-4-3-9-24(17)12-14-10-13-11-15(27-2)5-6-16(13)23-20(14)25/h5-8,10-11,17H,3-4,9,12H2,1-2H3,(H,22,26)(H,23,25). The molecule has 1 unspecified atom stereocenters. The highest BCUT2D eigenvalue weighted by Crippen LogP contribution is 2.36. The number of carbonyl (C=O) groups excluding carboxylic acids is 1. The number of benzene rings is 1. The smallest absolute Gasteiger partial charge is 0.261 e. The summed E-state index contributed by atoms with van der Waals surface area (Å²) in [4.78, 5) is 31.7. The summed E-state index contributed by atoms with van der Waals surface area (Å²) in [5.74, 6) is 0.714. The van der Waals surface area contributed by atoms with Crippen LogP contribution in [0.5, 0.6) is 5.75 Å². The number of hydrogen-bond acceptors (Lipinski definition) is 5. The van der Waals surface area contributed by atoms with E-state index >= 15 is 0 Å². The molecule has 146 valence electrons. The molecule has 1 saturated heterocycles. The van der Waals surface area contributed by atoms with Crippen LogP contribution in [0.2, 0.25) is 0 Å². The van der Waals surface area contributed by atoms with Crippen molar-refractivity contribution in [3.05, 3.63) is 62.1 Å². The molecule has 3 heterocycles. The van der Waals surface area contributed by atoms with E-state index in [2.05, 4.69) is 15.2 Å². The van der Waals surface area contributed by atoms with Crippen molar-refractivity contribution in [3.8, 4) is 5.75 Å². The van der Waals surface area contributed by atoms with Gasteiger partial charge in [-0.3, -0.25) is 14.5 Å². The molecular formula is C21H23N3O3S. The Labute approximate surface area is 167 Å². The van der Waals surface area contributed by atoms with E-state index in [4.69, 9.17) is 4.74 Å². The van der Waals surface area contributed by atoms with Crippen molar-refractivity contribution in [2.24, 2.45) is 0 Å². The third-order valence-corrected chi connectivity index (χ3v) is 6.46. The van der Waals surface area contributed by atoms with Gasteiger partial charge in [-0.25, -0.2) is 0 Å². The minimum atomic E-state index is -0.0550. The van der Waals surface area contributed by atoms with E-state index in [9.17, 15) is 9.59 Å². The number of carbonyl (C=O) groups is 1. The van der Waals surface area contributed by atoms with E-state index in [1.165, 1.54) is 16.2 Å². The minimum absolute atomic E-state index is 0.0549. The Hall–Kier alpha value is -2.64. The van der Waals surface area contributed by atoms with Crippen molar-refractivity contribution in [2.75, 3.05) is 20.7 Å². The average Bonchev–Trinajstić information content (AvgIpc) is 3.37. The number of aromatic amines is 1. The third-order valence-electron chi connectivity index (χ3n) is 5.27. The highest BCUT2D eigenvalue weighted by atomic mass is 32.1. The van der Waals surface area contributed by atoms with E-state index in [1.54, 1.807) is 14.2 Å². The summed E-state index contributed by atoms with van der Waals surface area (Å²) >= 11 is 1.53. The number of aromatic nitrogens is 1. The number of H-pyrrole nitrogens is 1. The molecule has 2 aromatic heterocycles. The molecule has 1 atom stereocenters. The van der Waals surface area contributed by atoms with E-state index in [0.29, 0.717) is 6.54 Å². The Balaban J connectivity index is 1.60. The molecule has 2 N–H and O–H groups in total. The van der Waals surface area contributed by atoms with Gasteiger partial charge in [0.25, 0.3) is 11.5 Å². The lowest BCUT2D eigenvalue weighted by atomic mass is 10.1. The number of likely N-dealkylation sites (tertiary alicyclic amines) is 1. The second-order valence-corrected chi connectivity index (χ2v) is 8.10. The van der Waals surface area contributed by atoms with Gasteiger partial charge < -0.3 is 15.0 Å². The van der Waals surface area contributed by atoms with Gasteiger partial charge in [-0.15, -0.1) is 11.3 Å². The van der Waals surface area contributed by atoms with Crippen LogP contribution in [0, 0.1) is 0 Å². The fourth-order valence-corrected chi connectivity index (χ4v) is 4.93. The van der Waals surface area contributed by atoms with Crippen LogP contribution >= 0.6 is 11.3 Å². The predicted molar refractivity (Wildman–Crippen MR) is 111 cm³/mol. The molecule has 0 spiro atoms. The zero-order valence-electron chi connectivity index (χ0n) is 16.0. The van der Waals surface area contributed by atoms with E-state index < -0.39 is 0 Å². The highest BCUT2D eigenvalue weighted by Gasteiger charge is 2.28. The molecule has 1 aliphatic rings. The molecule has 1 amide bonds. The van der Waals surface area contributed by atoms with E-state index in [1.807, 2.05) is 36.4 Å². The second-order valence-electron chi connectivity index (χ2n) is 6.99.